The zero-order valence-corrected chi connectivity index (χ0v) is 5.06. The number of amides is 1. The molecular formula is C2H2Cl2NO3+. The topological polar surface area (TPSA) is 57.4 Å². The molecule has 0 heterocycles. The van der Waals surface area contributed by atoms with Gasteiger partial charge in [-0.15, -0.1) is 0 Å². The molecule has 0 aliphatic carbocycles. The van der Waals surface area contributed by atoms with E-state index in [4.69, 9.17) is 28.4 Å². The van der Waals surface area contributed by atoms with Crippen molar-refractivity contribution in [1.29, 1.82) is 0 Å². The fourth-order valence-corrected chi connectivity index (χ4v) is 0.250. The van der Waals surface area contributed by atoms with Crippen LogP contribution in [0.3, 0.4) is 0 Å². The molecular weight excluding hydrogens is 157 g/mol. The summed E-state index contributed by atoms with van der Waals surface area (Å²) in [5.74, 6) is -1.28. The fourth-order valence-electron chi connectivity index (χ4n) is 0.0835. The number of hydrogen-bond donors (Lipinski definition) is 1. The standard InChI is InChI=1S/C2H2Cl2NO3/c3-1(4)2(6)5(7)8/h1H,(H,7,8)/q+1. The van der Waals surface area contributed by atoms with Crippen LogP contribution in [0.15, 0.2) is 0 Å². The van der Waals surface area contributed by atoms with E-state index in [0.29, 0.717) is 0 Å². The van der Waals surface area contributed by atoms with Crippen molar-refractivity contribution in [2.45, 2.75) is 4.84 Å². The molecule has 4 nitrogen and oxygen atoms in total. The molecule has 0 radical (unpaired) electrons. The highest BCUT2D eigenvalue weighted by atomic mass is 35.5. The highest BCUT2D eigenvalue weighted by Crippen LogP contribution is 2.01. The first-order valence-electron chi connectivity index (χ1n) is 1.54. The Bertz CT molecular complexity index is 122. The molecule has 1 amide bonds. The summed E-state index contributed by atoms with van der Waals surface area (Å²) in [6.07, 6.45) is 0. The third kappa shape index (κ3) is 2.09. The van der Waals surface area contributed by atoms with Crippen LogP contribution in [0.1, 0.15) is 0 Å². The summed E-state index contributed by atoms with van der Waals surface area (Å²) in [6, 6.07) is 0. The summed E-state index contributed by atoms with van der Waals surface area (Å²) >= 11 is 9.67. The van der Waals surface area contributed by atoms with Crippen molar-refractivity contribution in [2.24, 2.45) is 0 Å². The lowest BCUT2D eigenvalue weighted by atomic mass is 10.7. The van der Waals surface area contributed by atoms with Crippen molar-refractivity contribution in [3.63, 3.8) is 0 Å². The van der Waals surface area contributed by atoms with E-state index in [1.54, 1.807) is 0 Å². The normalized spacial score (nSPS) is 9.38. The molecule has 8 heavy (non-hydrogen) atoms. The lowest BCUT2D eigenvalue weighted by Crippen LogP contribution is -2.19. The van der Waals surface area contributed by atoms with Gasteiger partial charge in [0.15, 0.2) is 0 Å². The highest BCUT2D eigenvalue weighted by Gasteiger charge is 2.29. The second kappa shape index (κ2) is 2.84. The maximum Gasteiger partial charge on any atom is 0.522 e. The Labute approximate surface area is 54.5 Å². The zero-order chi connectivity index (χ0) is 6.73. The van der Waals surface area contributed by atoms with Crippen LogP contribution in [0.25, 0.3) is 0 Å². The maximum atomic E-state index is 9.94. The van der Waals surface area contributed by atoms with Gasteiger partial charge >= 0.3 is 5.91 Å². The maximum absolute atomic E-state index is 9.94. The van der Waals surface area contributed by atoms with Gasteiger partial charge in [-0.2, -0.15) is 0 Å². The van der Waals surface area contributed by atoms with E-state index < -0.39 is 15.7 Å². The lowest BCUT2D eigenvalue weighted by Gasteiger charge is -1.79. The quantitative estimate of drug-likeness (QED) is 0.344. The predicted octanol–water partition coefficient (Wildman–Crippen LogP) is 0.485. The van der Waals surface area contributed by atoms with E-state index >= 15 is 0 Å². The van der Waals surface area contributed by atoms with Gasteiger partial charge < -0.3 is 0 Å². The van der Waals surface area contributed by atoms with Gasteiger partial charge in [-0.05, 0) is 0 Å². The van der Waals surface area contributed by atoms with Gasteiger partial charge in [0.25, 0.3) is 4.92 Å². The Morgan fingerprint density at radius 2 is 2.00 bits per heavy atom. The molecule has 0 spiro atoms. The first-order valence-corrected chi connectivity index (χ1v) is 2.41. The minimum Gasteiger partial charge on any atom is -0.238 e. The van der Waals surface area contributed by atoms with Crippen LogP contribution in [-0.4, -0.2) is 20.9 Å². The summed E-state index contributed by atoms with van der Waals surface area (Å²) in [6.45, 7) is 0. The number of carbonyl (C=O) groups excluding carboxylic acids is 1. The van der Waals surface area contributed by atoms with Gasteiger partial charge in [-0.1, -0.05) is 23.2 Å². The van der Waals surface area contributed by atoms with Crippen LogP contribution in [0.2, 0.25) is 0 Å². The largest absolute Gasteiger partial charge is 0.522 e. The summed E-state index contributed by atoms with van der Waals surface area (Å²) < 4.78 is 0. The van der Waals surface area contributed by atoms with Crippen LogP contribution in [0.4, 0.5) is 0 Å². The molecule has 0 fully saturated rings. The molecule has 0 saturated heterocycles. The minimum absolute atomic E-state index is 0.912. The Hall–Kier alpha value is -0.350. The Morgan fingerprint density at radius 3 is 2.00 bits per heavy atom. The molecule has 0 aromatic heterocycles. The first-order chi connectivity index (χ1) is 3.55. The van der Waals surface area contributed by atoms with E-state index in [9.17, 15) is 9.70 Å². The van der Waals surface area contributed by atoms with E-state index in [-0.39, 0.29) is 0 Å². The number of nitrogens with zero attached hydrogens (tertiary/aromatic N) is 1. The summed E-state index contributed by atoms with van der Waals surface area (Å²) in [7, 11) is 0. The van der Waals surface area contributed by atoms with E-state index in [0.717, 1.165) is 0 Å². The summed E-state index contributed by atoms with van der Waals surface area (Å²) in [5.41, 5.74) is 0. The van der Waals surface area contributed by atoms with Gasteiger partial charge in [0.1, 0.15) is 0 Å². The number of alkyl halides is 2. The summed E-state index contributed by atoms with van der Waals surface area (Å²) in [4.78, 5) is 17.1. The Morgan fingerprint density at radius 1 is 1.62 bits per heavy atom. The second-order valence-corrected chi connectivity index (χ2v) is 2.01. The van der Waals surface area contributed by atoms with Crippen molar-refractivity contribution in [3.8, 4) is 0 Å². The SMILES string of the molecule is O=C(C(Cl)Cl)[N+](=O)O. The fraction of sp³-hybridized carbons (Fsp3) is 0.500. The van der Waals surface area contributed by atoms with Gasteiger partial charge in [-0.3, -0.25) is 0 Å². The van der Waals surface area contributed by atoms with Crippen LogP contribution in [0.5, 0.6) is 0 Å². The van der Waals surface area contributed by atoms with Gasteiger partial charge in [0.05, 0.1) is 4.91 Å². The molecule has 1 N–H and O–H groups in total. The highest BCUT2D eigenvalue weighted by molar-refractivity contribution is 6.52. The van der Waals surface area contributed by atoms with E-state index in [1.807, 2.05) is 0 Å². The number of hydrogen-bond acceptors (Lipinski definition) is 2. The number of halogens is 2. The van der Waals surface area contributed by atoms with Gasteiger partial charge in [0, 0.05) is 0 Å². The van der Waals surface area contributed by atoms with Crippen LogP contribution in [-0.2, 0) is 4.79 Å². The zero-order valence-electron chi connectivity index (χ0n) is 3.54. The van der Waals surface area contributed by atoms with Crippen molar-refractivity contribution in [3.05, 3.63) is 4.91 Å². The van der Waals surface area contributed by atoms with Gasteiger partial charge in [0.2, 0.25) is 4.84 Å². The molecule has 0 atom stereocenters. The summed E-state index contributed by atoms with van der Waals surface area (Å²) in [5, 5.41) is 7.75. The molecule has 0 aliphatic rings. The third-order valence-electron chi connectivity index (χ3n) is 0.375. The number of rotatable bonds is 1. The van der Waals surface area contributed by atoms with Gasteiger partial charge in [-0.25, -0.2) is 10.0 Å². The molecule has 6 heteroatoms. The average Bonchev–Trinajstić information content (AvgIpc) is 1.64. The smallest absolute Gasteiger partial charge is 0.238 e. The molecule has 0 saturated carbocycles. The van der Waals surface area contributed by atoms with E-state index in [1.165, 1.54) is 0 Å². The molecule has 0 rings (SSSR count). The number of carbonyl (C=O) groups is 1. The molecule has 0 aliphatic heterocycles. The van der Waals surface area contributed by atoms with Crippen LogP contribution < -0.4 is 0 Å². The molecule has 46 valence electrons. The second-order valence-electron chi connectivity index (χ2n) is 0.912. The Kier molecular flexibility index (Phi) is 2.71. The van der Waals surface area contributed by atoms with Crippen molar-refractivity contribution >= 4 is 29.1 Å². The minimum atomic E-state index is -1.49. The third-order valence-corrected chi connectivity index (χ3v) is 0.749. The molecule has 0 unspecified atom stereocenters. The lowest BCUT2D eigenvalue weighted by molar-refractivity contribution is -0.721. The van der Waals surface area contributed by atoms with Crippen LogP contribution in [0, 0.1) is 4.91 Å². The molecule has 0 aromatic carbocycles. The van der Waals surface area contributed by atoms with Crippen molar-refractivity contribution < 1.29 is 14.9 Å². The van der Waals surface area contributed by atoms with E-state index in [2.05, 4.69) is 0 Å². The molecule has 0 bridgehead atoms. The molecule has 0 aromatic rings. The Balaban J connectivity index is 3.84. The van der Waals surface area contributed by atoms with Crippen molar-refractivity contribution in [1.82, 2.24) is 0 Å². The van der Waals surface area contributed by atoms with Crippen molar-refractivity contribution in [2.75, 3.05) is 0 Å². The first kappa shape index (κ1) is 7.65. The average molecular weight is 159 g/mol. The van der Waals surface area contributed by atoms with Crippen LogP contribution >= 0.6 is 23.2 Å². The monoisotopic (exact) mass is 158 g/mol. The predicted molar refractivity (Wildman–Crippen MR) is 25.9 cm³/mol.